The second-order valence-corrected chi connectivity index (χ2v) is 10.3. The number of ether oxygens (including phenoxy) is 1. The van der Waals surface area contributed by atoms with E-state index in [1.54, 1.807) is 11.0 Å². The second-order valence-electron chi connectivity index (χ2n) is 8.58. The highest BCUT2D eigenvalue weighted by molar-refractivity contribution is 7.89. The molecular weight excluding hydrogens is 487 g/mol. The third-order valence-electron chi connectivity index (χ3n) is 5.31. The largest absolute Gasteiger partial charge is 0.573 e. The normalized spacial score (nSPS) is 14.5. The van der Waals surface area contributed by atoms with E-state index in [2.05, 4.69) is 14.8 Å². The predicted octanol–water partition coefficient (Wildman–Crippen LogP) is 3.83. The van der Waals surface area contributed by atoms with E-state index in [-0.39, 0.29) is 28.8 Å². The minimum absolute atomic E-state index is 0.0307. The molecule has 190 valence electrons. The van der Waals surface area contributed by atoms with Crippen LogP contribution < -0.4 is 19.7 Å². The summed E-state index contributed by atoms with van der Waals surface area (Å²) in [5.74, 6) is -1.28. The Bertz CT molecular complexity index is 1200. The fourth-order valence-corrected chi connectivity index (χ4v) is 5.04. The van der Waals surface area contributed by atoms with Gasteiger partial charge in [-0.1, -0.05) is 13.8 Å². The lowest BCUT2D eigenvalue weighted by Gasteiger charge is -2.21. The SMILES string of the molecule is CC(=O)N1CCc2cc(S(=O)(=O)N[C@H](CC(C)C)C(=O)Nc3ccc(OC(F)(F)F)cc3)ccc21. The van der Waals surface area contributed by atoms with Gasteiger partial charge in [-0.3, -0.25) is 9.59 Å². The van der Waals surface area contributed by atoms with Gasteiger partial charge in [0, 0.05) is 24.8 Å². The van der Waals surface area contributed by atoms with Gasteiger partial charge >= 0.3 is 6.36 Å². The summed E-state index contributed by atoms with van der Waals surface area (Å²) in [7, 11) is -4.09. The first-order valence-electron chi connectivity index (χ1n) is 10.8. The molecule has 0 unspecified atom stereocenters. The molecule has 2 aromatic rings. The van der Waals surface area contributed by atoms with Crippen molar-refractivity contribution in [2.24, 2.45) is 5.92 Å². The average Bonchev–Trinajstić information content (AvgIpc) is 3.17. The van der Waals surface area contributed by atoms with Crippen LogP contribution in [0.5, 0.6) is 5.75 Å². The molecule has 3 rings (SSSR count). The molecule has 8 nitrogen and oxygen atoms in total. The third-order valence-corrected chi connectivity index (χ3v) is 6.78. The van der Waals surface area contributed by atoms with Crippen molar-refractivity contribution in [3.8, 4) is 5.75 Å². The number of carbonyl (C=O) groups is 2. The average molecular weight is 514 g/mol. The first-order valence-corrected chi connectivity index (χ1v) is 12.3. The summed E-state index contributed by atoms with van der Waals surface area (Å²) >= 11 is 0. The Kier molecular flexibility index (Phi) is 7.75. The predicted molar refractivity (Wildman–Crippen MR) is 123 cm³/mol. The number of halogens is 3. The van der Waals surface area contributed by atoms with E-state index in [1.807, 2.05) is 13.8 Å². The van der Waals surface area contributed by atoms with Crippen molar-refractivity contribution in [3.05, 3.63) is 48.0 Å². The van der Waals surface area contributed by atoms with Crippen LogP contribution in [0.25, 0.3) is 0 Å². The monoisotopic (exact) mass is 513 g/mol. The van der Waals surface area contributed by atoms with Gasteiger partial charge in [-0.15, -0.1) is 13.2 Å². The summed E-state index contributed by atoms with van der Waals surface area (Å²) in [6, 6.07) is 7.84. The van der Waals surface area contributed by atoms with Gasteiger partial charge in [0.2, 0.25) is 21.8 Å². The standard InChI is InChI=1S/C23H26F3N3O5S/c1-14(2)12-20(22(31)27-17-4-6-18(7-5-17)34-23(24,25)26)28-35(32,33)19-8-9-21-16(13-19)10-11-29(21)15(3)30/h4-9,13-14,20,28H,10-12H2,1-3H3,(H,27,31)/t20-/m1/s1. The number of nitrogens with zero attached hydrogens (tertiary/aromatic N) is 1. The number of alkyl halides is 3. The second kappa shape index (κ2) is 10.2. The minimum atomic E-state index is -4.84. The van der Waals surface area contributed by atoms with E-state index >= 15 is 0 Å². The van der Waals surface area contributed by atoms with Gasteiger partial charge < -0.3 is 15.0 Å². The van der Waals surface area contributed by atoms with Crippen molar-refractivity contribution in [2.75, 3.05) is 16.8 Å². The maximum Gasteiger partial charge on any atom is 0.573 e. The Labute approximate surface area is 201 Å². The lowest BCUT2D eigenvalue weighted by atomic mass is 10.0. The first-order chi connectivity index (χ1) is 16.2. The molecule has 1 aliphatic heterocycles. The van der Waals surface area contributed by atoms with Gasteiger partial charge in [0.1, 0.15) is 11.8 Å². The summed E-state index contributed by atoms with van der Waals surface area (Å²) in [6.45, 7) is 5.55. The number of hydrogen-bond donors (Lipinski definition) is 2. The summed E-state index contributed by atoms with van der Waals surface area (Å²) in [4.78, 5) is 26.2. The Morgan fingerprint density at radius 2 is 1.77 bits per heavy atom. The van der Waals surface area contributed by atoms with Gasteiger partial charge in [-0.05, 0) is 66.8 Å². The van der Waals surface area contributed by atoms with Crippen molar-refractivity contribution in [1.82, 2.24) is 4.72 Å². The number of nitrogens with one attached hydrogen (secondary N) is 2. The van der Waals surface area contributed by atoms with Crippen LogP contribution in [0.4, 0.5) is 24.5 Å². The van der Waals surface area contributed by atoms with E-state index in [4.69, 9.17) is 0 Å². The molecule has 2 aromatic carbocycles. The van der Waals surface area contributed by atoms with Gasteiger partial charge in [0.25, 0.3) is 0 Å². The molecular formula is C23H26F3N3O5S. The molecule has 0 bridgehead atoms. The van der Waals surface area contributed by atoms with Crippen molar-refractivity contribution in [2.45, 2.75) is 50.9 Å². The lowest BCUT2D eigenvalue weighted by Crippen LogP contribution is -2.44. The molecule has 12 heteroatoms. The smallest absolute Gasteiger partial charge is 0.406 e. The van der Waals surface area contributed by atoms with E-state index in [0.717, 1.165) is 12.1 Å². The Balaban J connectivity index is 1.76. The van der Waals surface area contributed by atoms with E-state index in [0.29, 0.717) is 24.2 Å². The number of hydrogen-bond acceptors (Lipinski definition) is 5. The molecule has 2 N–H and O–H groups in total. The maximum absolute atomic E-state index is 13.1. The topological polar surface area (TPSA) is 105 Å². The van der Waals surface area contributed by atoms with E-state index in [9.17, 15) is 31.2 Å². The van der Waals surface area contributed by atoms with Crippen LogP contribution in [0.15, 0.2) is 47.4 Å². The maximum atomic E-state index is 13.1. The summed E-state index contributed by atoms with van der Waals surface area (Å²) in [6.07, 6.45) is -4.14. The van der Waals surface area contributed by atoms with Crippen molar-refractivity contribution in [1.29, 1.82) is 0 Å². The Morgan fingerprint density at radius 1 is 1.11 bits per heavy atom. The highest BCUT2D eigenvalue weighted by Crippen LogP contribution is 2.30. The minimum Gasteiger partial charge on any atom is -0.406 e. The van der Waals surface area contributed by atoms with Crippen LogP contribution in [0, 0.1) is 5.92 Å². The molecule has 35 heavy (non-hydrogen) atoms. The highest BCUT2D eigenvalue weighted by atomic mass is 32.2. The zero-order chi connectivity index (χ0) is 26.0. The molecule has 0 saturated carbocycles. The number of anilines is 2. The Morgan fingerprint density at radius 3 is 2.34 bits per heavy atom. The highest BCUT2D eigenvalue weighted by Gasteiger charge is 2.31. The molecule has 1 aliphatic rings. The van der Waals surface area contributed by atoms with Crippen molar-refractivity contribution in [3.63, 3.8) is 0 Å². The van der Waals surface area contributed by atoms with Crippen LogP contribution in [-0.2, 0) is 26.0 Å². The van der Waals surface area contributed by atoms with Gasteiger partial charge in [-0.2, -0.15) is 4.72 Å². The van der Waals surface area contributed by atoms with Crippen LogP contribution in [0.1, 0.15) is 32.8 Å². The van der Waals surface area contributed by atoms with Gasteiger partial charge in [-0.25, -0.2) is 8.42 Å². The van der Waals surface area contributed by atoms with E-state index < -0.39 is 34.1 Å². The number of fused-ring (bicyclic) bond motifs is 1. The molecule has 0 radical (unpaired) electrons. The molecule has 0 saturated heterocycles. The van der Waals surface area contributed by atoms with Crippen molar-refractivity contribution >= 4 is 33.2 Å². The van der Waals surface area contributed by atoms with E-state index in [1.165, 1.54) is 31.2 Å². The quantitative estimate of drug-likeness (QED) is 0.558. The molecule has 0 fully saturated rings. The number of amides is 2. The zero-order valence-corrected chi connectivity index (χ0v) is 20.2. The molecule has 1 heterocycles. The molecule has 1 atom stereocenters. The zero-order valence-electron chi connectivity index (χ0n) is 19.3. The summed E-state index contributed by atoms with van der Waals surface area (Å²) < 4.78 is 69.4. The lowest BCUT2D eigenvalue weighted by molar-refractivity contribution is -0.274. The molecule has 0 aliphatic carbocycles. The number of rotatable bonds is 8. The molecule has 2 amide bonds. The van der Waals surface area contributed by atoms with Crippen LogP contribution in [-0.4, -0.2) is 39.2 Å². The number of sulfonamides is 1. The Hall–Kier alpha value is -3.12. The summed E-state index contributed by atoms with van der Waals surface area (Å²) in [5, 5.41) is 2.52. The van der Waals surface area contributed by atoms with Gasteiger partial charge in [0.15, 0.2) is 0 Å². The summed E-state index contributed by atoms with van der Waals surface area (Å²) in [5.41, 5.74) is 1.55. The first kappa shape index (κ1) is 26.5. The number of benzene rings is 2. The molecule has 0 aromatic heterocycles. The number of carbonyl (C=O) groups excluding carboxylic acids is 2. The van der Waals surface area contributed by atoms with Gasteiger partial charge in [0.05, 0.1) is 4.90 Å². The molecule has 0 spiro atoms. The van der Waals surface area contributed by atoms with Crippen LogP contribution in [0.3, 0.4) is 0 Å². The van der Waals surface area contributed by atoms with Crippen LogP contribution in [0.2, 0.25) is 0 Å². The van der Waals surface area contributed by atoms with Crippen LogP contribution >= 0.6 is 0 Å². The third kappa shape index (κ3) is 6.95. The van der Waals surface area contributed by atoms with Crippen molar-refractivity contribution < 1.29 is 35.9 Å². The fourth-order valence-electron chi connectivity index (χ4n) is 3.78. The fraction of sp³-hybridized carbons (Fsp3) is 0.391.